The molecule has 152 valence electrons. The van der Waals surface area contributed by atoms with Crippen molar-refractivity contribution in [1.82, 2.24) is 9.80 Å². The lowest BCUT2D eigenvalue weighted by Crippen LogP contribution is -2.49. The molecule has 29 heavy (non-hydrogen) atoms. The predicted molar refractivity (Wildman–Crippen MR) is 109 cm³/mol. The molecule has 2 aliphatic rings. The van der Waals surface area contributed by atoms with E-state index < -0.39 is 0 Å². The monoisotopic (exact) mass is 395 g/mol. The van der Waals surface area contributed by atoms with E-state index in [0.29, 0.717) is 13.1 Å². The molecule has 7 heteroatoms. The third kappa shape index (κ3) is 4.86. The minimum absolute atomic E-state index is 0.0302. The number of amides is 1. The Morgan fingerprint density at radius 1 is 1.03 bits per heavy atom. The molecular formula is C22H25N3O4. The molecule has 0 spiro atoms. The van der Waals surface area contributed by atoms with Crippen molar-refractivity contribution in [2.75, 3.05) is 39.6 Å². The summed E-state index contributed by atoms with van der Waals surface area (Å²) in [6.07, 6.45) is 0. The summed E-state index contributed by atoms with van der Waals surface area (Å²) < 4.78 is 10.8. The zero-order valence-corrected chi connectivity index (χ0v) is 16.5. The van der Waals surface area contributed by atoms with Crippen LogP contribution in [0.25, 0.3) is 0 Å². The Hall–Kier alpha value is -3.06. The number of hydrogen-bond donors (Lipinski definition) is 0. The van der Waals surface area contributed by atoms with Crippen LogP contribution < -0.4 is 9.47 Å². The average molecular weight is 395 g/mol. The van der Waals surface area contributed by atoms with Gasteiger partial charge in [0.25, 0.3) is 5.91 Å². The Bertz CT molecular complexity index is 877. The molecular weight excluding hydrogens is 370 g/mol. The molecule has 0 N–H and O–H groups in total. The molecule has 1 fully saturated rings. The van der Waals surface area contributed by atoms with Gasteiger partial charge in [-0.15, -0.1) is 0 Å². The van der Waals surface area contributed by atoms with Crippen LogP contribution in [0.15, 0.2) is 53.7 Å². The highest BCUT2D eigenvalue weighted by molar-refractivity contribution is 5.98. The van der Waals surface area contributed by atoms with Gasteiger partial charge in [0, 0.05) is 32.7 Å². The van der Waals surface area contributed by atoms with Crippen molar-refractivity contribution in [3.8, 4) is 11.5 Å². The molecule has 0 atom stereocenters. The van der Waals surface area contributed by atoms with Crippen LogP contribution in [-0.4, -0.2) is 61.0 Å². The van der Waals surface area contributed by atoms with Gasteiger partial charge in [-0.1, -0.05) is 41.6 Å². The molecule has 0 saturated carbocycles. The van der Waals surface area contributed by atoms with Crippen LogP contribution in [-0.2, 0) is 16.2 Å². The summed E-state index contributed by atoms with van der Waals surface area (Å²) in [5, 5.41) is 4.07. The van der Waals surface area contributed by atoms with E-state index in [4.69, 9.17) is 14.3 Å². The van der Waals surface area contributed by atoms with E-state index in [1.54, 1.807) is 0 Å². The number of hydrogen-bond acceptors (Lipinski definition) is 6. The normalized spacial score (nSPS) is 16.7. The first-order valence-electron chi connectivity index (χ1n) is 9.80. The lowest BCUT2D eigenvalue weighted by Gasteiger charge is -2.34. The number of carbonyl (C=O) groups excluding carboxylic acids is 1. The maximum absolute atomic E-state index is 12.4. The average Bonchev–Trinajstić information content (AvgIpc) is 3.22. The zero-order chi connectivity index (χ0) is 20.1. The molecule has 2 heterocycles. The lowest BCUT2D eigenvalue weighted by atomic mass is 10.1. The molecule has 2 aromatic rings. The fourth-order valence-corrected chi connectivity index (χ4v) is 3.46. The van der Waals surface area contributed by atoms with E-state index in [-0.39, 0.29) is 19.3 Å². The highest BCUT2D eigenvalue weighted by Crippen LogP contribution is 2.32. The van der Waals surface area contributed by atoms with Crippen molar-refractivity contribution in [3.63, 3.8) is 0 Å². The van der Waals surface area contributed by atoms with E-state index in [1.165, 1.54) is 5.56 Å². The van der Waals surface area contributed by atoms with Gasteiger partial charge in [-0.05, 0) is 30.2 Å². The topological polar surface area (TPSA) is 63.6 Å². The number of fused-ring (bicyclic) bond motifs is 1. The van der Waals surface area contributed by atoms with Crippen LogP contribution in [0.2, 0.25) is 0 Å². The minimum atomic E-state index is -0.0354. The number of ether oxygens (including phenoxy) is 2. The summed E-state index contributed by atoms with van der Waals surface area (Å²) >= 11 is 0. The fourth-order valence-electron chi connectivity index (χ4n) is 3.46. The molecule has 1 amide bonds. The van der Waals surface area contributed by atoms with Crippen molar-refractivity contribution >= 4 is 11.6 Å². The van der Waals surface area contributed by atoms with Crippen molar-refractivity contribution in [2.24, 2.45) is 5.16 Å². The Morgan fingerprint density at radius 2 is 1.79 bits per heavy atom. The largest absolute Gasteiger partial charge is 0.454 e. The van der Waals surface area contributed by atoms with Gasteiger partial charge in [0.1, 0.15) is 0 Å². The smallest absolute Gasteiger partial charge is 0.263 e. The van der Waals surface area contributed by atoms with Crippen LogP contribution in [0.1, 0.15) is 18.1 Å². The van der Waals surface area contributed by atoms with Crippen LogP contribution in [0.4, 0.5) is 0 Å². The van der Waals surface area contributed by atoms with Gasteiger partial charge in [-0.2, -0.15) is 0 Å². The third-order valence-corrected chi connectivity index (χ3v) is 5.15. The standard InChI is InChI=1S/C22H25N3O4/c1-17(19-5-3-2-4-6-19)23-29-15-22(26)25-11-9-24(10-12-25)14-18-7-8-20-21(13-18)28-16-27-20/h2-8,13H,9-12,14-16H2,1H3/b23-17-. The summed E-state index contributed by atoms with van der Waals surface area (Å²) in [5.41, 5.74) is 2.92. The van der Waals surface area contributed by atoms with Crippen molar-refractivity contribution in [2.45, 2.75) is 13.5 Å². The molecule has 4 rings (SSSR count). The molecule has 2 aliphatic heterocycles. The van der Waals surface area contributed by atoms with E-state index in [9.17, 15) is 4.79 Å². The zero-order valence-electron chi connectivity index (χ0n) is 16.5. The van der Waals surface area contributed by atoms with Crippen LogP contribution >= 0.6 is 0 Å². The van der Waals surface area contributed by atoms with E-state index in [0.717, 1.165) is 42.4 Å². The Morgan fingerprint density at radius 3 is 2.59 bits per heavy atom. The summed E-state index contributed by atoms with van der Waals surface area (Å²) in [6.45, 7) is 5.98. The molecule has 0 bridgehead atoms. The number of benzene rings is 2. The molecule has 0 aromatic heterocycles. The van der Waals surface area contributed by atoms with Gasteiger partial charge in [0.2, 0.25) is 6.79 Å². The van der Waals surface area contributed by atoms with Gasteiger partial charge >= 0.3 is 0 Å². The van der Waals surface area contributed by atoms with Crippen molar-refractivity contribution in [1.29, 1.82) is 0 Å². The van der Waals surface area contributed by atoms with Crippen LogP contribution in [0.3, 0.4) is 0 Å². The number of oxime groups is 1. The second-order valence-electron chi connectivity index (χ2n) is 7.16. The summed E-state index contributed by atoms with van der Waals surface area (Å²) in [4.78, 5) is 21.8. The molecule has 0 radical (unpaired) electrons. The van der Waals surface area contributed by atoms with Crippen molar-refractivity contribution < 1.29 is 19.1 Å². The van der Waals surface area contributed by atoms with Gasteiger partial charge in [0.15, 0.2) is 18.1 Å². The summed E-state index contributed by atoms with van der Waals surface area (Å²) in [6, 6.07) is 15.8. The van der Waals surface area contributed by atoms with Gasteiger partial charge in [-0.3, -0.25) is 9.69 Å². The molecule has 7 nitrogen and oxygen atoms in total. The minimum Gasteiger partial charge on any atom is -0.454 e. The number of piperazine rings is 1. The summed E-state index contributed by atoms with van der Waals surface area (Å²) in [5.74, 6) is 1.58. The van der Waals surface area contributed by atoms with Crippen LogP contribution in [0.5, 0.6) is 11.5 Å². The maximum Gasteiger partial charge on any atom is 0.263 e. The van der Waals surface area contributed by atoms with Gasteiger partial charge in [-0.25, -0.2) is 0 Å². The van der Waals surface area contributed by atoms with Gasteiger partial charge in [0.05, 0.1) is 5.71 Å². The number of rotatable bonds is 6. The molecule has 0 aliphatic carbocycles. The van der Waals surface area contributed by atoms with E-state index >= 15 is 0 Å². The van der Waals surface area contributed by atoms with Crippen molar-refractivity contribution in [3.05, 3.63) is 59.7 Å². The Kier molecular flexibility index (Phi) is 5.95. The Labute approximate surface area is 170 Å². The highest BCUT2D eigenvalue weighted by atomic mass is 16.7. The first kappa shape index (κ1) is 19.3. The molecule has 0 unspecified atom stereocenters. The van der Waals surface area contributed by atoms with Gasteiger partial charge < -0.3 is 19.2 Å². The number of nitrogens with zero attached hydrogens (tertiary/aromatic N) is 3. The predicted octanol–water partition coefficient (Wildman–Crippen LogP) is 2.50. The maximum atomic E-state index is 12.4. The third-order valence-electron chi connectivity index (χ3n) is 5.15. The molecule has 2 aromatic carbocycles. The highest BCUT2D eigenvalue weighted by Gasteiger charge is 2.22. The quantitative estimate of drug-likeness (QED) is 0.556. The second kappa shape index (κ2) is 8.96. The van der Waals surface area contributed by atoms with E-state index in [2.05, 4.69) is 16.1 Å². The van der Waals surface area contributed by atoms with Crippen LogP contribution in [0, 0.1) is 0 Å². The number of carbonyl (C=O) groups is 1. The first-order chi connectivity index (χ1) is 14.2. The molecule has 1 saturated heterocycles. The lowest BCUT2D eigenvalue weighted by molar-refractivity contribution is -0.137. The first-order valence-corrected chi connectivity index (χ1v) is 9.80. The fraction of sp³-hybridized carbons (Fsp3) is 0.364. The SMILES string of the molecule is C/C(=N/OCC(=O)N1CCN(Cc2ccc3c(c2)OCO3)CC1)c1ccccc1. The second-order valence-corrected chi connectivity index (χ2v) is 7.16. The summed E-state index contributed by atoms with van der Waals surface area (Å²) in [7, 11) is 0. The Balaban J connectivity index is 1.21. The van der Waals surface area contributed by atoms with E-state index in [1.807, 2.05) is 54.3 Å².